The minimum atomic E-state index is -0.906. The Morgan fingerprint density at radius 1 is 1.26 bits per heavy atom. The van der Waals surface area contributed by atoms with E-state index >= 15 is 0 Å². The molecule has 0 aliphatic heterocycles. The summed E-state index contributed by atoms with van der Waals surface area (Å²) in [5, 5.41) is 8.75. The summed E-state index contributed by atoms with van der Waals surface area (Å²) < 4.78 is 5.36. The molecule has 2 rings (SSSR count). The molecule has 5 nitrogen and oxygen atoms in total. The van der Waals surface area contributed by atoms with Gasteiger partial charge in [-0.2, -0.15) is 0 Å². The fourth-order valence-corrected chi connectivity index (χ4v) is 1.70. The Hall–Kier alpha value is -2.43. The second-order valence-corrected chi connectivity index (χ2v) is 3.92. The number of nitrogens with zero attached hydrogens (tertiary/aromatic N) is 2. The Bertz CT molecular complexity index is 567. The Morgan fingerprint density at radius 2 is 2.00 bits per heavy atom. The SMILES string of the molecule is CCOc1ccc(-c2cc(CC(=O)O)ncn2)cc1. The second-order valence-electron chi connectivity index (χ2n) is 3.92. The van der Waals surface area contributed by atoms with Crippen LogP contribution >= 0.6 is 0 Å². The van der Waals surface area contributed by atoms with E-state index in [1.54, 1.807) is 6.07 Å². The van der Waals surface area contributed by atoms with Crippen LogP contribution in [0.15, 0.2) is 36.7 Å². The number of ether oxygens (including phenoxy) is 1. The van der Waals surface area contributed by atoms with Crippen LogP contribution in [0.5, 0.6) is 5.75 Å². The first-order valence-electron chi connectivity index (χ1n) is 5.95. The molecule has 0 radical (unpaired) electrons. The summed E-state index contributed by atoms with van der Waals surface area (Å²) >= 11 is 0. The highest BCUT2D eigenvalue weighted by Gasteiger charge is 2.05. The van der Waals surface area contributed by atoms with Crippen molar-refractivity contribution in [2.24, 2.45) is 0 Å². The molecule has 0 amide bonds. The van der Waals surface area contributed by atoms with Gasteiger partial charge in [0.25, 0.3) is 0 Å². The minimum Gasteiger partial charge on any atom is -0.494 e. The van der Waals surface area contributed by atoms with Gasteiger partial charge in [0.2, 0.25) is 0 Å². The van der Waals surface area contributed by atoms with Crippen LogP contribution in [0.25, 0.3) is 11.3 Å². The smallest absolute Gasteiger partial charge is 0.309 e. The summed E-state index contributed by atoms with van der Waals surface area (Å²) in [7, 11) is 0. The van der Waals surface area contributed by atoms with Crippen molar-refractivity contribution in [1.29, 1.82) is 0 Å². The predicted molar refractivity (Wildman–Crippen MR) is 70.0 cm³/mol. The highest BCUT2D eigenvalue weighted by molar-refractivity contribution is 5.70. The topological polar surface area (TPSA) is 72.3 Å². The van der Waals surface area contributed by atoms with E-state index in [0.29, 0.717) is 18.0 Å². The number of carboxylic acid groups (broad SMARTS) is 1. The largest absolute Gasteiger partial charge is 0.494 e. The molecule has 0 bridgehead atoms. The third kappa shape index (κ3) is 3.51. The van der Waals surface area contributed by atoms with E-state index < -0.39 is 5.97 Å². The third-order valence-corrected chi connectivity index (χ3v) is 2.52. The molecule has 1 heterocycles. The van der Waals surface area contributed by atoms with Crippen molar-refractivity contribution >= 4 is 5.97 Å². The van der Waals surface area contributed by atoms with Crippen LogP contribution in [-0.4, -0.2) is 27.7 Å². The quantitative estimate of drug-likeness (QED) is 0.889. The Kier molecular flexibility index (Phi) is 4.07. The zero-order valence-corrected chi connectivity index (χ0v) is 10.5. The third-order valence-electron chi connectivity index (χ3n) is 2.52. The average Bonchev–Trinajstić information content (AvgIpc) is 2.39. The number of rotatable bonds is 5. The highest BCUT2D eigenvalue weighted by Crippen LogP contribution is 2.20. The van der Waals surface area contributed by atoms with E-state index in [1.807, 2.05) is 31.2 Å². The molecule has 0 saturated heterocycles. The molecule has 2 aromatic rings. The lowest BCUT2D eigenvalue weighted by Gasteiger charge is -2.05. The standard InChI is InChI=1S/C14H14N2O3/c1-2-19-12-5-3-10(4-6-12)13-7-11(8-14(17)18)15-9-16-13/h3-7,9H,2,8H2,1H3,(H,17,18). The van der Waals surface area contributed by atoms with E-state index in [0.717, 1.165) is 11.3 Å². The van der Waals surface area contributed by atoms with Gasteiger partial charge >= 0.3 is 5.97 Å². The Morgan fingerprint density at radius 3 is 2.63 bits per heavy atom. The molecule has 0 aliphatic carbocycles. The Labute approximate surface area is 110 Å². The molecule has 19 heavy (non-hydrogen) atoms. The van der Waals surface area contributed by atoms with Crippen molar-refractivity contribution in [2.75, 3.05) is 6.61 Å². The van der Waals surface area contributed by atoms with Gasteiger partial charge in [0.15, 0.2) is 0 Å². The van der Waals surface area contributed by atoms with Gasteiger partial charge in [-0.25, -0.2) is 9.97 Å². The molecular formula is C14H14N2O3. The molecule has 0 fully saturated rings. The summed E-state index contributed by atoms with van der Waals surface area (Å²) in [5.41, 5.74) is 2.10. The molecular weight excluding hydrogens is 244 g/mol. The highest BCUT2D eigenvalue weighted by atomic mass is 16.5. The summed E-state index contributed by atoms with van der Waals surface area (Å²) in [5.74, 6) is -0.109. The number of carbonyl (C=O) groups is 1. The molecule has 0 atom stereocenters. The molecule has 0 spiro atoms. The molecule has 0 unspecified atom stereocenters. The van der Waals surface area contributed by atoms with Gasteiger partial charge in [0.1, 0.15) is 12.1 Å². The zero-order valence-electron chi connectivity index (χ0n) is 10.5. The molecule has 5 heteroatoms. The van der Waals surface area contributed by atoms with Crippen molar-refractivity contribution in [1.82, 2.24) is 9.97 Å². The van der Waals surface area contributed by atoms with Gasteiger partial charge in [-0.3, -0.25) is 4.79 Å². The van der Waals surface area contributed by atoms with Crippen molar-refractivity contribution in [3.63, 3.8) is 0 Å². The molecule has 1 aromatic carbocycles. The van der Waals surface area contributed by atoms with Crippen molar-refractivity contribution in [3.05, 3.63) is 42.4 Å². The molecule has 0 saturated carbocycles. The first-order valence-corrected chi connectivity index (χ1v) is 5.95. The van der Waals surface area contributed by atoms with E-state index in [1.165, 1.54) is 6.33 Å². The maximum atomic E-state index is 10.7. The number of hydrogen-bond donors (Lipinski definition) is 1. The van der Waals surface area contributed by atoms with Gasteiger partial charge in [-0.1, -0.05) is 0 Å². The predicted octanol–water partition coefficient (Wildman–Crippen LogP) is 2.17. The summed E-state index contributed by atoms with van der Waals surface area (Å²) in [4.78, 5) is 18.7. The second kappa shape index (κ2) is 5.95. The number of hydrogen-bond acceptors (Lipinski definition) is 4. The van der Waals surface area contributed by atoms with Crippen LogP contribution in [0.1, 0.15) is 12.6 Å². The Balaban J connectivity index is 2.23. The fourth-order valence-electron chi connectivity index (χ4n) is 1.70. The molecule has 0 aliphatic rings. The molecule has 98 valence electrons. The van der Waals surface area contributed by atoms with Crippen LogP contribution in [0.2, 0.25) is 0 Å². The van der Waals surface area contributed by atoms with Crippen LogP contribution in [0.3, 0.4) is 0 Å². The van der Waals surface area contributed by atoms with E-state index in [4.69, 9.17) is 9.84 Å². The monoisotopic (exact) mass is 258 g/mol. The summed E-state index contributed by atoms with van der Waals surface area (Å²) in [6, 6.07) is 9.18. The van der Waals surface area contributed by atoms with E-state index in [9.17, 15) is 4.79 Å². The zero-order chi connectivity index (χ0) is 13.7. The van der Waals surface area contributed by atoms with Gasteiger partial charge in [0.05, 0.1) is 24.4 Å². The van der Waals surface area contributed by atoms with Crippen LogP contribution in [-0.2, 0) is 11.2 Å². The van der Waals surface area contributed by atoms with Crippen LogP contribution in [0.4, 0.5) is 0 Å². The minimum absolute atomic E-state index is 0.105. The normalized spacial score (nSPS) is 10.2. The van der Waals surface area contributed by atoms with E-state index in [2.05, 4.69) is 9.97 Å². The lowest BCUT2D eigenvalue weighted by atomic mass is 10.1. The van der Waals surface area contributed by atoms with Gasteiger partial charge in [-0.05, 0) is 37.3 Å². The fraction of sp³-hybridized carbons (Fsp3) is 0.214. The number of aliphatic carboxylic acids is 1. The first-order chi connectivity index (χ1) is 9.19. The number of aromatic nitrogens is 2. The average molecular weight is 258 g/mol. The van der Waals surface area contributed by atoms with Crippen LogP contribution < -0.4 is 4.74 Å². The first kappa shape index (κ1) is 13.0. The number of carboxylic acids is 1. The maximum absolute atomic E-state index is 10.7. The molecule has 1 aromatic heterocycles. The lowest BCUT2D eigenvalue weighted by molar-refractivity contribution is -0.136. The lowest BCUT2D eigenvalue weighted by Crippen LogP contribution is -2.03. The van der Waals surface area contributed by atoms with Gasteiger partial charge < -0.3 is 9.84 Å². The van der Waals surface area contributed by atoms with Crippen molar-refractivity contribution in [2.45, 2.75) is 13.3 Å². The van der Waals surface area contributed by atoms with E-state index in [-0.39, 0.29) is 6.42 Å². The van der Waals surface area contributed by atoms with Gasteiger partial charge in [-0.15, -0.1) is 0 Å². The number of benzene rings is 1. The molecule has 1 N–H and O–H groups in total. The maximum Gasteiger partial charge on any atom is 0.309 e. The summed E-state index contributed by atoms with van der Waals surface area (Å²) in [6.07, 6.45) is 1.27. The van der Waals surface area contributed by atoms with Gasteiger partial charge in [0, 0.05) is 5.56 Å². The summed E-state index contributed by atoms with van der Waals surface area (Å²) in [6.45, 7) is 2.55. The van der Waals surface area contributed by atoms with Crippen LogP contribution in [0, 0.1) is 0 Å². The van der Waals surface area contributed by atoms with Crippen molar-refractivity contribution < 1.29 is 14.6 Å². The van der Waals surface area contributed by atoms with Crippen molar-refractivity contribution in [3.8, 4) is 17.0 Å².